The van der Waals surface area contributed by atoms with Gasteiger partial charge in [-0.1, -0.05) is 173 Å². The van der Waals surface area contributed by atoms with E-state index in [-0.39, 0.29) is 43.3 Å². The zero-order chi connectivity index (χ0) is 49.3. The third kappa shape index (κ3) is 6.95. The summed E-state index contributed by atoms with van der Waals surface area (Å²) in [5, 5.41) is 8.26. The van der Waals surface area contributed by atoms with Gasteiger partial charge in [0, 0.05) is 5.30 Å². The molecule has 0 heterocycles. The molecular formula is C66H97PSi. The van der Waals surface area contributed by atoms with E-state index in [2.05, 4.69) is 165 Å². The molecule has 0 aliphatic heterocycles. The molecule has 68 heavy (non-hydrogen) atoms. The lowest BCUT2D eigenvalue weighted by molar-refractivity contribution is 0.278. The molecule has 0 aromatic heterocycles. The maximum Gasteiger partial charge on any atom is 0.117 e. The van der Waals surface area contributed by atoms with E-state index in [9.17, 15) is 0 Å². The van der Waals surface area contributed by atoms with Crippen LogP contribution in [0.4, 0.5) is 0 Å². The van der Waals surface area contributed by atoms with Crippen LogP contribution < -0.4 is 15.7 Å². The number of hydrogen-bond acceptors (Lipinski definition) is 0. The van der Waals surface area contributed by atoms with Crippen molar-refractivity contribution in [3.05, 3.63) is 99.1 Å². The lowest BCUT2D eigenvalue weighted by Gasteiger charge is -2.37. The van der Waals surface area contributed by atoms with Crippen LogP contribution in [0.2, 0.25) is 0 Å². The van der Waals surface area contributed by atoms with Crippen LogP contribution in [0.25, 0.3) is 10.8 Å². The minimum absolute atomic E-state index is 0.178. The number of benzene rings is 4. The number of fused-ring (bicyclic) bond motifs is 5. The van der Waals surface area contributed by atoms with Gasteiger partial charge in [-0.2, -0.15) is 0 Å². The quantitative estimate of drug-likeness (QED) is 0.0649. The summed E-state index contributed by atoms with van der Waals surface area (Å²) in [6, 6.07) is 23.3. The van der Waals surface area contributed by atoms with E-state index in [0.717, 1.165) is 0 Å². The van der Waals surface area contributed by atoms with Gasteiger partial charge in [-0.15, -0.1) is 0 Å². The van der Waals surface area contributed by atoms with Crippen LogP contribution in [-0.2, 0) is 43.3 Å². The Morgan fingerprint density at radius 1 is 0.338 bits per heavy atom. The van der Waals surface area contributed by atoms with Crippen molar-refractivity contribution in [1.29, 1.82) is 0 Å². The Balaban J connectivity index is 1.73. The molecule has 4 aromatic rings. The van der Waals surface area contributed by atoms with Crippen molar-refractivity contribution in [2.45, 2.75) is 283 Å². The largest absolute Gasteiger partial charge is 0.117 e. The first-order chi connectivity index (χ1) is 32.7. The Labute approximate surface area is 421 Å². The minimum Gasteiger partial charge on any atom is -0.0896 e. The Morgan fingerprint density at radius 3 is 0.956 bits per heavy atom. The van der Waals surface area contributed by atoms with Crippen molar-refractivity contribution >= 4 is 42.2 Å². The predicted molar refractivity (Wildman–Crippen MR) is 305 cm³/mol. The zero-order valence-electron chi connectivity index (χ0n) is 46.8. The lowest BCUT2D eigenvalue weighted by atomic mass is 9.70. The van der Waals surface area contributed by atoms with Gasteiger partial charge in [-0.3, -0.25) is 0 Å². The van der Waals surface area contributed by atoms with Crippen LogP contribution in [0.3, 0.4) is 0 Å². The summed E-state index contributed by atoms with van der Waals surface area (Å²) in [6.07, 6.45) is 25.1. The minimum atomic E-state index is -1.50. The third-order valence-electron chi connectivity index (χ3n) is 23.1. The van der Waals surface area contributed by atoms with Crippen LogP contribution in [0.15, 0.2) is 54.6 Å². The first-order valence-corrected chi connectivity index (χ1v) is 32.5. The average Bonchev–Trinajstić information content (AvgIpc) is 4.07. The number of rotatable bonds is 19. The van der Waals surface area contributed by atoms with Gasteiger partial charge in [0.1, 0.15) is 8.05 Å². The fourth-order valence-corrected chi connectivity index (χ4v) is 24.2. The van der Waals surface area contributed by atoms with Gasteiger partial charge in [-0.25, -0.2) is 0 Å². The molecule has 4 aromatic carbocycles. The summed E-state index contributed by atoms with van der Waals surface area (Å²) in [5.41, 5.74) is 16.3. The van der Waals surface area contributed by atoms with Crippen molar-refractivity contribution in [2.75, 3.05) is 0 Å². The highest BCUT2D eigenvalue weighted by Crippen LogP contribution is 2.65. The van der Waals surface area contributed by atoms with Crippen molar-refractivity contribution in [3.63, 3.8) is 0 Å². The molecule has 0 saturated heterocycles. The lowest BCUT2D eigenvalue weighted by Crippen LogP contribution is -2.45. The smallest absolute Gasteiger partial charge is 0.0896 e. The van der Waals surface area contributed by atoms with E-state index < -0.39 is 8.05 Å². The van der Waals surface area contributed by atoms with Gasteiger partial charge in [0.25, 0.3) is 0 Å². The summed E-state index contributed by atoms with van der Waals surface area (Å²) < 4.78 is 0. The van der Waals surface area contributed by atoms with E-state index in [4.69, 9.17) is 0 Å². The van der Waals surface area contributed by atoms with Gasteiger partial charge in [0.15, 0.2) is 0 Å². The Morgan fingerprint density at radius 2 is 0.632 bits per heavy atom. The normalized spacial score (nSPS) is 21.5. The standard InChI is InChI=1S/C66H97PSi/c1-17-59(18-2)42-63(25-9,26-10)53-49(59)40-50-54(64(27-11,28-12)43-60(50,19-3)20-4)57(53)67-68(48-38-37-46-35-33-34-36-47(46)39-48)58-55-51(61(21-5,22-6)44-65(55,29-13)30-14)41-52-56(58)66(31-15,32-16)45-62(52,23-7)24-8/h33-41H,17-32,42-45H2,1-16H3. The summed E-state index contributed by atoms with van der Waals surface area (Å²) in [4.78, 5) is 0. The van der Waals surface area contributed by atoms with Gasteiger partial charge in [0.2, 0.25) is 0 Å². The summed E-state index contributed by atoms with van der Waals surface area (Å²) in [6.45, 7) is 41.2. The Hall–Kier alpha value is -2.34. The van der Waals surface area contributed by atoms with Crippen LogP contribution >= 0.6 is 7.72 Å². The topological polar surface area (TPSA) is 0 Å². The molecule has 0 saturated carbocycles. The van der Waals surface area contributed by atoms with Crippen molar-refractivity contribution in [3.8, 4) is 0 Å². The van der Waals surface area contributed by atoms with Crippen molar-refractivity contribution in [2.24, 2.45) is 0 Å². The maximum atomic E-state index is 2.97. The van der Waals surface area contributed by atoms with Crippen LogP contribution in [-0.4, -0.2) is 8.05 Å². The molecule has 0 amide bonds. The Bertz CT molecular complexity index is 2390. The van der Waals surface area contributed by atoms with Crippen molar-refractivity contribution < 1.29 is 0 Å². The molecule has 8 rings (SSSR count). The van der Waals surface area contributed by atoms with Gasteiger partial charge in [-0.05, 0) is 237 Å². The summed E-state index contributed by atoms with van der Waals surface area (Å²) in [7, 11) is 0.155. The SMILES string of the molecule is CCC1(CC)CC(CC)(CC)c2c1cc1c(c2P=[Si](c2ccc3ccccc3c2)c2c3c(cc4c2C(CC)(CC)CC4(CC)CC)C(CC)(CC)CC3(CC)CC)C(CC)(CC)CC1(CC)CC. The Kier molecular flexibility index (Phi) is 14.5. The molecule has 0 spiro atoms. The van der Waals surface area contributed by atoms with Gasteiger partial charge < -0.3 is 0 Å². The molecule has 0 radical (unpaired) electrons. The zero-order valence-corrected chi connectivity index (χ0v) is 48.7. The van der Waals surface area contributed by atoms with E-state index >= 15 is 0 Å². The first kappa shape index (κ1) is 52.0. The summed E-state index contributed by atoms with van der Waals surface area (Å²) >= 11 is 0. The van der Waals surface area contributed by atoms with E-state index in [1.165, 1.54) is 139 Å². The average molecular weight is 950 g/mol. The highest BCUT2D eigenvalue weighted by Gasteiger charge is 2.59. The highest BCUT2D eigenvalue weighted by atomic mass is 31.2. The molecule has 0 unspecified atom stereocenters. The molecule has 0 nitrogen and oxygen atoms in total. The highest BCUT2D eigenvalue weighted by molar-refractivity contribution is 7.63. The maximum absolute atomic E-state index is 2.97. The van der Waals surface area contributed by atoms with Crippen LogP contribution in [0.1, 0.15) is 284 Å². The second-order valence-electron chi connectivity index (χ2n) is 23.8. The summed E-state index contributed by atoms with van der Waals surface area (Å²) in [5.74, 6) is 0. The molecule has 0 atom stereocenters. The second kappa shape index (κ2) is 18.9. The van der Waals surface area contributed by atoms with E-state index in [1.54, 1.807) is 35.2 Å². The van der Waals surface area contributed by atoms with Crippen molar-refractivity contribution in [1.82, 2.24) is 0 Å². The van der Waals surface area contributed by atoms with Gasteiger partial charge >= 0.3 is 0 Å². The second-order valence-corrected chi connectivity index (χ2v) is 28.3. The van der Waals surface area contributed by atoms with E-state index in [1.807, 2.05) is 32.7 Å². The molecule has 0 N–H and O–H groups in total. The van der Waals surface area contributed by atoms with Crippen LogP contribution in [0.5, 0.6) is 0 Å². The molecule has 4 aliphatic rings. The fraction of sp³-hybridized carbons (Fsp3) is 0.667. The van der Waals surface area contributed by atoms with E-state index in [0.29, 0.717) is 0 Å². The predicted octanol–water partition coefficient (Wildman–Crippen LogP) is 18.3. The third-order valence-corrected chi connectivity index (χ3v) is 28.6. The molecule has 0 fully saturated rings. The molecule has 370 valence electrons. The van der Waals surface area contributed by atoms with Gasteiger partial charge in [0.05, 0.1) is 0 Å². The molecule has 2 heteroatoms. The molecule has 4 aliphatic carbocycles. The number of hydrogen-bond donors (Lipinski definition) is 0. The molecule has 0 bridgehead atoms. The monoisotopic (exact) mass is 949 g/mol. The molecular weight excluding hydrogens is 852 g/mol. The first-order valence-electron chi connectivity index (χ1n) is 29.2. The van der Waals surface area contributed by atoms with Crippen LogP contribution in [0, 0.1) is 0 Å². The fourth-order valence-electron chi connectivity index (χ4n) is 17.5.